The molecule has 0 radical (unpaired) electrons. The Bertz CT molecular complexity index is 315. The number of hydrogen-bond acceptors (Lipinski definition) is 5. The predicted octanol–water partition coefficient (Wildman–Crippen LogP) is 1.07. The van der Waals surface area contributed by atoms with Gasteiger partial charge in [0.15, 0.2) is 5.13 Å². The van der Waals surface area contributed by atoms with Crippen molar-refractivity contribution in [2.45, 2.75) is 13.0 Å². The molecule has 1 aromatic heterocycles. The van der Waals surface area contributed by atoms with Gasteiger partial charge in [0.2, 0.25) is 0 Å². The van der Waals surface area contributed by atoms with E-state index in [2.05, 4.69) is 9.88 Å². The van der Waals surface area contributed by atoms with Gasteiger partial charge < -0.3 is 15.4 Å². The summed E-state index contributed by atoms with van der Waals surface area (Å²) < 4.78 is 5.17. The number of nitrogens with two attached hydrogens (primary N) is 1. The second-order valence-corrected chi connectivity index (χ2v) is 4.72. The summed E-state index contributed by atoms with van der Waals surface area (Å²) in [5, 5.41) is 3.15. The lowest BCUT2D eigenvalue weighted by Gasteiger charge is -2.14. The summed E-state index contributed by atoms with van der Waals surface area (Å²) in [6.07, 6.45) is 1.20. The first-order valence-corrected chi connectivity index (χ1v) is 6.09. The van der Waals surface area contributed by atoms with Crippen molar-refractivity contribution in [1.29, 1.82) is 0 Å². The monoisotopic (exact) mass is 227 g/mol. The molecule has 1 atom stereocenters. The van der Waals surface area contributed by atoms with Crippen LogP contribution in [0.5, 0.6) is 0 Å². The molecule has 2 heterocycles. The molecule has 0 aliphatic carbocycles. The molecular weight excluding hydrogens is 210 g/mol. The summed E-state index contributed by atoms with van der Waals surface area (Å²) in [4.78, 5) is 6.81. The Hall–Kier alpha value is -0.650. The predicted molar refractivity (Wildman–Crippen MR) is 62.2 cm³/mol. The van der Waals surface area contributed by atoms with E-state index in [1.165, 1.54) is 6.42 Å². The van der Waals surface area contributed by atoms with Gasteiger partial charge in [0.25, 0.3) is 0 Å². The number of methoxy groups -OCH3 is 1. The quantitative estimate of drug-likeness (QED) is 0.836. The van der Waals surface area contributed by atoms with Gasteiger partial charge in [-0.3, -0.25) is 0 Å². The fraction of sp³-hybridized carbons (Fsp3) is 0.700. The van der Waals surface area contributed by atoms with E-state index in [-0.39, 0.29) is 0 Å². The van der Waals surface area contributed by atoms with Crippen molar-refractivity contribution in [3.63, 3.8) is 0 Å². The Morgan fingerprint density at radius 2 is 2.60 bits per heavy atom. The molecule has 2 rings (SSSR count). The minimum Gasteiger partial charge on any atom is -0.384 e. The van der Waals surface area contributed by atoms with Crippen LogP contribution < -0.4 is 10.6 Å². The minimum absolute atomic E-state index is 0.534. The molecule has 1 fully saturated rings. The fourth-order valence-electron chi connectivity index (χ4n) is 1.91. The molecule has 5 heteroatoms. The zero-order valence-corrected chi connectivity index (χ0v) is 9.80. The third kappa shape index (κ3) is 2.48. The molecule has 1 unspecified atom stereocenters. The van der Waals surface area contributed by atoms with E-state index in [4.69, 9.17) is 10.5 Å². The molecule has 0 bridgehead atoms. The van der Waals surface area contributed by atoms with Gasteiger partial charge in [-0.05, 0) is 6.42 Å². The maximum atomic E-state index is 5.54. The molecule has 0 spiro atoms. The van der Waals surface area contributed by atoms with Crippen molar-refractivity contribution in [3.05, 3.63) is 11.1 Å². The van der Waals surface area contributed by atoms with Crippen molar-refractivity contribution in [2.75, 3.05) is 31.7 Å². The molecule has 84 valence electrons. The summed E-state index contributed by atoms with van der Waals surface area (Å²) in [5.41, 5.74) is 6.53. The standard InChI is InChI=1S/C10H17N3OS/c1-14-6-8-2-3-13(5-8)10-12-9(4-11)7-15-10/h7-8H,2-6,11H2,1H3. The number of nitrogens with zero attached hydrogens (tertiary/aromatic N) is 2. The molecule has 1 saturated heterocycles. The van der Waals surface area contributed by atoms with Crippen LogP contribution >= 0.6 is 11.3 Å². The molecule has 1 aliphatic heterocycles. The first kappa shape index (κ1) is 10.9. The Morgan fingerprint density at radius 1 is 1.73 bits per heavy atom. The van der Waals surface area contributed by atoms with Crippen LogP contribution in [0.3, 0.4) is 0 Å². The van der Waals surface area contributed by atoms with Crippen molar-refractivity contribution < 1.29 is 4.74 Å². The Morgan fingerprint density at radius 3 is 3.27 bits per heavy atom. The van der Waals surface area contributed by atoms with Crippen LogP contribution in [0, 0.1) is 5.92 Å². The lowest BCUT2D eigenvalue weighted by atomic mass is 10.1. The summed E-state index contributed by atoms with van der Waals surface area (Å²) >= 11 is 1.69. The first-order chi connectivity index (χ1) is 7.33. The molecule has 4 nitrogen and oxygen atoms in total. The largest absolute Gasteiger partial charge is 0.384 e. The second-order valence-electron chi connectivity index (χ2n) is 3.88. The van der Waals surface area contributed by atoms with E-state index in [1.807, 2.05) is 5.38 Å². The van der Waals surface area contributed by atoms with Crippen molar-refractivity contribution in [3.8, 4) is 0 Å². The van der Waals surface area contributed by atoms with Gasteiger partial charge in [-0.1, -0.05) is 0 Å². The summed E-state index contributed by atoms with van der Waals surface area (Å²) in [6, 6.07) is 0. The van der Waals surface area contributed by atoms with Gasteiger partial charge in [-0.2, -0.15) is 0 Å². The van der Waals surface area contributed by atoms with E-state index >= 15 is 0 Å². The zero-order chi connectivity index (χ0) is 10.7. The van der Waals surface area contributed by atoms with E-state index in [9.17, 15) is 0 Å². The van der Waals surface area contributed by atoms with Crippen molar-refractivity contribution in [1.82, 2.24) is 4.98 Å². The van der Waals surface area contributed by atoms with Crippen molar-refractivity contribution >= 4 is 16.5 Å². The molecule has 2 N–H and O–H groups in total. The van der Waals surface area contributed by atoms with Crippen LogP contribution in [0.15, 0.2) is 5.38 Å². The van der Waals surface area contributed by atoms with Crippen molar-refractivity contribution in [2.24, 2.45) is 11.7 Å². The topological polar surface area (TPSA) is 51.4 Å². The fourth-order valence-corrected chi connectivity index (χ4v) is 2.79. The smallest absolute Gasteiger partial charge is 0.185 e. The summed E-state index contributed by atoms with van der Waals surface area (Å²) in [7, 11) is 1.76. The second kappa shape index (κ2) is 4.92. The van der Waals surface area contributed by atoms with Crippen LogP contribution in [-0.4, -0.2) is 31.8 Å². The Labute approximate surface area is 94.1 Å². The highest BCUT2D eigenvalue weighted by atomic mass is 32.1. The Kier molecular flexibility index (Phi) is 3.56. The Balaban J connectivity index is 1.95. The maximum Gasteiger partial charge on any atom is 0.185 e. The van der Waals surface area contributed by atoms with Crippen LogP contribution in [-0.2, 0) is 11.3 Å². The number of rotatable bonds is 4. The lowest BCUT2D eigenvalue weighted by Crippen LogP contribution is -2.20. The normalized spacial score (nSPS) is 21.2. The molecule has 0 saturated carbocycles. The van der Waals surface area contributed by atoms with E-state index in [0.717, 1.165) is 30.5 Å². The highest BCUT2D eigenvalue weighted by Crippen LogP contribution is 2.26. The number of hydrogen-bond donors (Lipinski definition) is 1. The lowest BCUT2D eigenvalue weighted by molar-refractivity contribution is 0.161. The average molecular weight is 227 g/mol. The van der Waals surface area contributed by atoms with Gasteiger partial charge in [0.1, 0.15) is 0 Å². The third-order valence-electron chi connectivity index (χ3n) is 2.71. The highest BCUT2D eigenvalue weighted by molar-refractivity contribution is 7.13. The van der Waals surface area contributed by atoms with Crippen LogP contribution in [0.4, 0.5) is 5.13 Å². The molecule has 15 heavy (non-hydrogen) atoms. The summed E-state index contributed by atoms with van der Waals surface area (Å²) in [5.74, 6) is 0.653. The first-order valence-electron chi connectivity index (χ1n) is 5.22. The summed E-state index contributed by atoms with van der Waals surface area (Å²) in [6.45, 7) is 3.54. The molecule has 0 aromatic carbocycles. The molecule has 1 aromatic rings. The number of aromatic nitrogens is 1. The van der Waals surface area contributed by atoms with Crippen LogP contribution in [0.1, 0.15) is 12.1 Å². The maximum absolute atomic E-state index is 5.54. The van der Waals surface area contributed by atoms with Crippen LogP contribution in [0.2, 0.25) is 0 Å². The molecular formula is C10H17N3OS. The average Bonchev–Trinajstić information content (AvgIpc) is 2.85. The van der Waals surface area contributed by atoms with Gasteiger partial charge in [0.05, 0.1) is 12.3 Å². The van der Waals surface area contributed by atoms with Gasteiger partial charge in [-0.15, -0.1) is 11.3 Å². The zero-order valence-electron chi connectivity index (χ0n) is 8.98. The third-order valence-corrected chi connectivity index (χ3v) is 3.66. The van der Waals surface area contributed by atoms with E-state index in [0.29, 0.717) is 12.5 Å². The SMILES string of the molecule is COCC1CCN(c2nc(CN)cs2)C1. The van der Waals surface area contributed by atoms with E-state index in [1.54, 1.807) is 18.4 Å². The van der Waals surface area contributed by atoms with Crippen LogP contribution in [0.25, 0.3) is 0 Å². The number of anilines is 1. The number of ether oxygens (including phenoxy) is 1. The molecule has 0 amide bonds. The van der Waals surface area contributed by atoms with Gasteiger partial charge >= 0.3 is 0 Å². The van der Waals surface area contributed by atoms with E-state index < -0.39 is 0 Å². The number of thiazole rings is 1. The molecule has 1 aliphatic rings. The van der Waals surface area contributed by atoms with Gasteiger partial charge in [-0.25, -0.2) is 4.98 Å². The van der Waals surface area contributed by atoms with Gasteiger partial charge in [0, 0.05) is 38.0 Å². The highest BCUT2D eigenvalue weighted by Gasteiger charge is 2.24. The minimum atomic E-state index is 0.534.